The van der Waals surface area contributed by atoms with Crippen molar-refractivity contribution in [2.24, 2.45) is 16.6 Å². The summed E-state index contributed by atoms with van der Waals surface area (Å²) in [6.07, 6.45) is 0. The van der Waals surface area contributed by atoms with Crippen LogP contribution in [0.1, 0.15) is 39.2 Å². The summed E-state index contributed by atoms with van der Waals surface area (Å²) in [4.78, 5) is 12.0. The number of rotatable bonds is 3. The molecular weight excluding hydrogens is 295 g/mol. The number of primary amides is 1. The van der Waals surface area contributed by atoms with Crippen molar-refractivity contribution in [2.45, 2.75) is 33.6 Å². The van der Waals surface area contributed by atoms with Gasteiger partial charge in [-0.15, -0.1) is 0 Å². The quantitative estimate of drug-likeness (QED) is 0.911. The van der Waals surface area contributed by atoms with Crippen LogP contribution in [-0.2, 0) is 4.79 Å². The normalized spacial score (nSPS) is 16.1. The van der Waals surface area contributed by atoms with Gasteiger partial charge in [-0.05, 0) is 23.1 Å². The Morgan fingerprint density at radius 3 is 2.25 bits per heavy atom. The first-order valence-electron chi connectivity index (χ1n) is 6.24. The number of amides is 1. The molecule has 0 saturated heterocycles. The zero-order valence-electron chi connectivity index (χ0n) is 12.0. The maximum atomic E-state index is 12.0. The second-order valence-corrected chi connectivity index (χ2v) is 6.77. The van der Waals surface area contributed by atoms with Gasteiger partial charge >= 0.3 is 0 Å². The van der Waals surface area contributed by atoms with Crippen LogP contribution in [0, 0.1) is 22.2 Å². The zero-order valence-corrected chi connectivity index (χ0v) is 13.5. The van der Waals surface area contributed by atoms with E-state index in [0.717, 1.165) is 0 Å². The molecule has 1 rings (SSSR count). The van der Waals surface area contributed by atoms with Gasteiger partial charge in [-0.1, -0.05) is 57.0 Å². The average Bonchev–Trinajstić information content (AvgIpc) is 2.27. The van der Waals surface area contributed by atoms with Gasteiger partial charge in [0.15, 0.2) is 0 Å². The Balaban J connectivity index is 3.51. The maximum absolute atomic E-state index is 12.0. The Kier molecular flexibility index (Phi) is 4.74. The summed E-state index contributed by atoms with van der Waals surface area (Å²) in [5.74, 6) is -1.10. The molecule has 108 valence electrons. The molecule has 1 aromatic carbocycles. The minimum atomic E-state index is -1.36. The number of hydrogen-bond donors (Lipinski definition) is 1. The number of carbonyl (C=O) groups is 1. The van der Waals surface area contributed by atoms with Crippen LogP contribution >= 0.6 is 23.2 Å². The monoisotopic (exact) mass is 312 g/mol. The summed E-state index contributed by atoms with van der Waals surface area (Å²) in [5, 5.41) is 10.6. The lowest BCUT2D eigenvalue weighted by Crippen LogP contribution is -2.49. The van der Waals surface area contributed by atoms with Crippen LogP contribution in [0.4, 0.5) is 0 Å². The van der Waals surface area contributed by atoms with Crippen molar-refractivity contribution >= 4 is 29.1 Å². The second-order valence-electron chi connectivity index (χ2n) is 5.92. The summed E-state index contributed by atoms with van der Waals surface area (Å²) in [6.45, 7) is 7.25. The molecule has 20 heavy (non-hydrogen) atoms. The molecule has 2 atom stereocenters. The first kappa shape index (κ1) is 16.8. The van der Waals surface area contributed by atoms with E-state index in [2.05, 4.69) is 6.07 Å². The Bertz CT molecular complexity index is 572. The molecule has 1 amide bonds. The van der Waals surface area contributed by atoms with Crippen LogP contribution in [0.15, 0.2) is 18.2 Å². The first-order chi connectivity index (χ1) is 9.07. The van der Waals surface area contributed by atoms with Crippen molar-refractivity contribution in [1.82, 2.24) is 0 Å². The van der Waals surface area contributed by atoms with Gasteiger partial charge < -0.3 is 5.73 Å². The molecule has 0 bridgehead atoms. The molecule has 3 nitrogen and oxygen atoms in total. The zero-order chi connectivity index (χ0) is 15.7. The van der Waals surface area contributed by atoms with Gasteiger partial charge in [0.2, 0.25) is 5.91 Å². The molecule has 0 saturated carbocycles. The van der Waals surface area contributed by atoms with Crippen LogP contribution in [0.2, 0.25) is 10.0 Å². The van der Waals surface area contributed by atoms with E-state index in [4.69, 9.17) is 28.9 Å². The summed E-state index contributed by atoms with van der Waals surface area (Å²) in [5.41, 5.74) is 4.26. The van der Waals surface area contributed by atoms with Crippen molar-refractivity contribution in [3.63, 3.8) is 0 Å². The van der Waals surface area contributed by atoms with Crippen molar-refractivity contribution in [3.8, 4) is 6.07 Å². The molecule has 0 spiro atoms. The van der Waals surface area contributed by atoms with E-state index in [9.17, 15) is 10.1 Å². The topological polar surface area (TPSA) is 66.9 Å². The fourth-order valence-corrected chi connectivity index (χ4v) is 3.21. The van der Waals surface area contributed by atoms with Gasteiger partial charge in [-0.2, -0.15) is 5.26 Å². The highest BCUT2D eigenvalue weighted by Gasteiger charge is 2.52. The predicted octanol–water partition coefficient (Wildman–Crippen LogP) is 4.14. The minimum Gasteiger partial charge on any atom is -0.368 e. The molecule has 5 heteroatoms. The molecule has 1 aromatic rings. The summed E-state index contributed by atoms with van der Waals surface area (Å²) in [6, 6.07) is 7.14. The molecule has 0 aliphatic carbocycles. The van der Waals surface area contributed by atoms with Crippen molar-refractivity contribution in [2.75, 3.05) is 0 Å². The van der Waals surface area contributed by atoms with Crippen LogP contribution in [0.25, 0.3) is 0 Å². The van der Waals surface area contributed by atoms with E-state index in [-0.39, 0.29) is 0 Å². The fraction of sp³-hybridized carbons (Fsp3) is 0.467. The highest BCUT2D eigenvalue weighted by atomic mass is 35.5. The third kappa shape index (κ3) is 2.63. The molecule has 0 fully saturated rings. The van der Waals surface area contributed by atoms with Gasteiger partial charge in [0, 0.05) is 16.0 Å². The second kappa shape index (κ2) is 5.63. The van der Waals surface area contributed by atoms with Crippen molar-refractivity contribution in [3.05, 3.63) is 33.8 Å². The third-order valence-electron chi connectivity index (χ3n) is 3.83. The van der Waals surface area contributed by atoms with Gasteiger partial charge in [-0.3, -0.25) is 4.79 Å². The lowest BCUT2D eigenvalue weighted by Gasteiger charge is -2.41. The Hall–Kier alpha value is -1.24. The maximum Gasteiger partial charge on any atom is 0.239 e. The van der Waals surface area contributed by atoms with E-state index < -0.39 is 22.7 Å². The fourth-order valence-electron chi connectivity index (χ4n) is 2.64. The van der Waals surface area contributed by atoms with E-state index in [0.29, 0.717) is 15.6 Å². The largest absolute Gasteiger partial charge is 0.368 e. The Morgan fingerprint density at radius 1 is 1.35 bits per heavy atom. The summed E-state index contributed by atoms with van der Waals surface area (Å²) < 4.78 is 0. The van der Waals surface area contributed by atoms with Crippen LogP contribution in [0.3, 0.4) is 0 Å². The highest BCUT2D eigenvalue weighted by molar-refractivity contribution is 6.35. The van der Waals surface area contributed by atoms with Gasteiger partial charge in [-0.25, -0.2) is 0 Å². The van der Waals surface area contributed by atoms with Crippen LogP contribution in [-0.4, -0.2) is 5.91 Å². The van der Waals surface area contributed by atoms with Gasteiger partial charge in [0.25, 0.3) is 0 Å². The highest BCUT2D eigenvalue weighted by Crippen LogP contribution is 2.50. The number of nitrogens with zero attached hydrogens (tertiary/aromatic N) is 1. The molecule has 0 heterocycles. The minimum absolute atomic E-state index is 0.426. The third-order valence-corrected chi connectivity index (χ3v) is 4.39. The molecular formula is C15H18Cl2N2O. The molecule has 0 radical (unpaired) electrons. The molecule has 0 unspecified atom stereocenters. The van der Waals surface area contributed by atoms with Gasteiger partial charge in [0.05, 0.1) is 6.07 Å². The van der Waals surface area contributed by atoms with Crippen LogP contribution < -0.4 is 5.73 Å². The smallest absolute Gasteiger partial charge is 0.239 e. The average molecular weight is 313 g/mol. The lowest BCUT2D eigenvalue weighted by atomic mass is 9.59. The van der Waals surface area contributed by atoms with E-state index in [1.165, 1.54) is 0 Å². The Morgan fingerprint density at radius 2 is 1.90 bits per heavy atom. The van der Waals surface area contributed by atoms with E-state index in [1.807, 2.05) is 20.8 Å². The molecule has 0 aromatic heterocycles. The SMILES string of the molecule is C[C@@H](c1ccc(Cl)cc1Cl)[C@](C#N)(C(N)=O)C(C)(C)C. The number of nitriles is 1. The molecule has 2 N–H and O–H groups in total. The number of halogens is 2. The van der Waals surface area contributed by atoms with Crippen LogP contribution in [0.5, 0.6) is 0 Å². The lowest BCUT2D eigenvalue weighted by molar-refractivity contribution is -0.131. The first-order valence-corrected chi connectivity index (χ1v) is 6.99. The van der Waals surface area contributed by atoms with Crippen molar-refractivity contribution < 1.29 is 4.79 Å². The molecule has 0 aliphatic rings. The number of benzene rings is 1. The van der Waals surface area contributed by atoms with E-state index in [1.54, 1.807) is 25.1 Å². The summed E-state index contributed by atoms with van der Waals surface area (Å²) in [7, 11) is 0. The number of nitrogens with two attached hydrogens (primary N) is 1. The molecule has 0 aliphatic heterocycles. The number of carbonyl (C=O) groups excluding carboxylic acids is 1. The van der Waals surface area contributed by atoms with Crippen molar-refractivity contribution in [1.29, 1.82) is 5.26 Å². The predicted molar refractivity (Wildman–Crippen MR) is 81.6 cm³/mol. The standard InChI is InChI=1S/C15H18Cl2N2O/c1-9(11-6-5-10(16)7-12(11)17)15(8-18,13(19)20)14(2,3)4/h5-7,9H,1-4H3,(H2,19,20)/t9-,15+/m0/s1. The Labute approximate surface area is 129 Å². The van der Waals surface area contributed by atoms with E-state index >= 15 is 0 Å². The summed E-state index contributed by atoms with van der Waals surface area (Å²) >= 11 is 12.1. The van der Waals surface area contributed by atoms with Gasteiger partial charge in [0.1, 0.15) is 5.41 Å². The number of hydrogen-bond acceptors (Lipinski definition) is 2.